The van der Waals surface area contributed by atoms with Crippen molar-refractivity contribution in [3.63, 3.8) is 0 Å². The number of rotatable bonds is 2. The van der Waals surface area contributed by atoms with Crippen LogP contribution in [0.15, 0.2) is 18.2 Å². The van der Waals surface area contributed by atoms with E-state index >= 15 is 0 Å². The Morgan fingerprint density at radius 2 is 1.74 bits per heavy atom. The van der Waals surface area contributed by atoms with Crippen LogP contribution in [-0.2, 0) is 0 Å². The molecular formula is C16H23N3. The topological polar surface area (TPSA) is 29.0 Å². The number of hydrogen-bond donors (Lipinski definition) is 0. The first-order valence-electron chi connectivity index (χ1n) is 7.39. The Kier molecular flexibility index (Phi) is 3.29. The number of fused-ring (bicyclic) bond motifs is 1. The first-order valence-corrected chi connectivity index (χ1v) is 7.39. The molecule has 0 radical (unpaired) electrons. The highest BCUT2D eigenvalue weighted by Gasteiger charge is 2.33. The van der Waals surface area contributed by atoms with Crippen molar-refractivity contribution in [2.45, 2.75) is 39.5 Å². The van der Waals surface area contributed by atoms with Crippen molar-refractivity contribution >= 4 is 5.82 Å². The number of anilines is 1. The van der Waals surface area contributed by atoms with Gasteiger partial charge in [0.1, 0.15) is 11.6 Å². The summed E-state index contributed by atoms with van der Waals surface area (Å²) in [5.41, 5.74) is 1.08. The molecule has 2 heterocycles. The summed E-state index contributed by atoms with van der Waals surface area (Å²) in [7, 11) is 0. The molecular weight excluding hydrogens is 234 g/mol. The SMILES string of the molecule is Cc1cc(N2CC3CC=CCC3C2)nc(C(C)C)n1. The van der Waals surface area contributed by atoms with Gasteiger partial charge in [0.15, 0.2) is 0 Å². The molecule has 2 unspecified atom stereocenters. The molecule has 1 aliphatic carbocycles. The fraction of sp³-hybridized carbons (Fsp3) is 0.625. The highest BCUT2D eigenvalue weighted by atomic mass is 15.2. The molecule has 1 aromatic rings. The van der Waals surface area contributed by atoms with Crippen molar-refractivity contribution in [3.8, 4) is 0 Å². The molecule has 0 amide bonds. The molecule has 0 N–H and O–H groups in total. The standard InChI is InChI=1S/C16H23N3/c1-11(2)16-17-12(3)8-15(18-16)19-9-13-6-4-5-7-14(13)10-19/h4-5,8,11,13-14H,6-7,9-10H2,1-3H3. The molecule has 1 saturated heterocycles. The fourth-order valence-electron chi connectivity index (χ4n) is 3.20. The van der Waals surface area contributed by atoms with Crippen LogP contribution in [0.2, 0.25) is 0 Å². The highest BCUT2D eigenvalue weighted by molar-refractivity contribution is 5.42. The van der Waals surface area contributed by atoms with Crippen LogP contribution in [0.25, 0.3) is 0 Å². The maximum Gasteiger partial charge on any atom is 0.133 e. The van der Waals surface area contributed by atoms with Crippen molar-refractivity contribution in [1.82, 2.24) is 9.97 Å². The zero-order chi connectivity index (χ0) is 13.4. The van der Waals surface area contributed by atoms with E-state index in [0.717, 1.165) is 42.3 Å². The second kappa shape index (κ2) is 4.95. The minimum atomic E-state index is 0.394. The van der Waals surface area contributed by atoms with Crippen molar-refractivity contribution in [1.29, 1.82) is 0 Å². The Balaban J connectivity index is 1.83. The maximum absolute atomic E-state index is 4.77. The smallest absolute Gasteiger partial charge is 0.133 e. The third-order valence-corrected chi connectivity index (χ3v) is 4.32. The van der Waals surface area contributed by atoms with Crippen LogP contribution >= 0.6 is 0 Å². The number of hydrogen-bond acceptors (Lipinski definition) is 3. The number of aromatic nitrogens is 2. The zero-order valence-corrected chi connectivity index (χ0v) is 12.1. The lowest BCUT2D eigenvalue weighted by Crippen LogP contribution is -2.22. The summed E-state index contributed by atoms with van der Waals surface area (Å²) in [4.78, 5) is 11.8. The van der Waals surface area contributed by atoms with Crippen LogP contribution < -0.4 is 4.90 Å². The summed E-state index contributed by atoms with van der Waals surface area (Å²) in [6.07, 6.45) is 7.16. The summed E-state index contributed by atoms with van der Waals surface area (Å²) in [6.45, 7) is 8.70. The molecule has 3 heteroatoms. The summed E-state index contributed by atoms with van der Waals surface area (Å²) in [6, 6.07) is 2.14. The monoisotopic (exact) mass is 257 g/mol. The normalized spacial score (nSPS) is 26.0. The molecule has 0 saturated carbocycles. The first kappa shape index (κ1) is 12.6. The zero-order valence-electron chi connectivity index (χ0n) is 12.1. The predicted molar refractivity (Wildman–Crippen MR) is 78.4 cm³/mol. The van der Waals surface area contributed by atoms with Gasteiger partial charge in [-0.25, -0.2) is 9.97 Å². The Morgan fingerprint density at radius 1 is 1.11 bits per heavy atom. The van der Waals surface area contributed by atoms with E-state index in [2.05, 4.69) is 48.9 Å². The Bertz CT molecular complexity index is 477. The van der Waals surface area contributed by atoms with Gasteiger partial charge in [0, 0.05) is 30.8 Å². The van der Waals surface area contributed by atoms with Crippen LogP contribution in [0.3, 0.4) is 0 Å². The largest absolute Gasteiger partial charge is 0.356 e. The molecule has 1 aliphatic heterocycles. The molecule has 102 valence electrons. The van der Waals surface area contributed by atoms with E-state index in [9.17, 15) is 0 Å². The lowest BCUT2D eigenvalue weighted by Gasteiger charge is -2.19. The predicted octanol–water partition coefficient (Wildman–Crippen LogP) is 3.31. The Labute approximate surface area is 115 Å². The van der Waals surface area contributed by atoms with E-state index in [0.29, 0.717) is 5.92 Å². The average molecular weight is 257 g/mol. The summed E-state index contributed by atoms with van der Waals surface area (Å²) in [5, 5.41) is 0. The van der Waals surface area contributed by atoms with E-state index in [4.69, 9.17) is 4.98 Å². The van der Waals surface area contributed by atoms with Crippen LogP contribution in [-0.4, -0.2) is 23.1 Å². The van der Waals surface area contributed by atoms with Gasteiger partial charge in [-0.05, 0) is 31.6 Å². The van der Waals surface area contributed by atoms with Crippen molar-refractivity contribution in [3.05, 3.63) is 29.7 Å². The minimum Gasteiger partial charge on any atom is -0.356 e. The molecule has 0 bridgehead atoms. The fourth-order valence-corrected chi connectivity index (χ4v) is 3.20. The summed E-state index contributed by atoms with van der Waals surface area (Å²) >= 11 is 0. The van der Waals surface area contributed by atoms with Gasteiger partial charge in [-0.15, -0.1) is 0 Å². The Hall–Kier alpha value is -1.38. The van der Waals surface area contributed by atoms with Gasteiger partial charge in [-0.3, -0.25) is 0 Å². The number of aryl methyl sites for hydroxylation is 1. The third kappa shape index (κ3) is 2.51. The molecule has 0 aromatic carbocycles. The summed E-state index contributed by atoms with van der Waals surface area (Å²) < 4.78 is 0. The van der Waals surface area contributed by atoms with Crippen molar-refractivity contribution in [2.24, 2.45) is 11.8 Å². The van der Waals surface area contributed by atoms with Gasteiger partial charge in [-0.2, -0.15) is 0 Å². The number of allylic oxidation sites excluding steroid dienone is 2. The molecule has 1 aromatic heterocycles. The highest BCUT2D eigenvalue weighted by Crippen LogP contribution is 2.35. The second-order valence-corrected chi connectivity index (χ2v) is 6.25. The van der Waals surface area contributed by atoms with Gasteiger partial charge in [0.2, 0.25) is 0 Å². The lowest BCUT2D eigenvalue weighted by atomic mass is 9.86. The van der Waals surface area contributed by atoms with Crippen LogP contribution in [0.5, 0.6) is 0 Å². The van der Waals surface area contributed by atoms with Gasteiger partial charge in [-0.1, -0.05) is 26.0 Å². The van der Waals surface area contributed by atoms with Crippen molar-refractivity contribution < 1.29 is 0 Å². The lowest BCUT2D eigenvalue weighted by molar-refractivity contribution is 0.411. The molecule has 3 nitrogen and oxygen atoms in total. The van der Waals surface area contributed by atoms with Gasteiger partial charge >= 0.3 is 0 Å². The average Bonchev–Trinajstić information content (AvgIpc) is 2.81. The van der Waals surface area contributed by atoms with E-state index < -0.39 is 0 Å². The molecule has 19 heavy (non-hydrogen) atoms. The molecule has 1 fully saturated rings. The van der Waals surface area contributed by atoms with E-state index in [1.54, 1.807) is 0 Å². The van der Waals surface area contributed by atoms with E-state index in [-0.39, 0.29) is 0 Å². The first-order chi connectivity index (χ1) is 9.13. The van der Waals surface area contributed by atoms with Gasteiger partial charge < -0.3 is 4.90 Å². The molecule has 3 rings (SSSR count). The summed E-state index contributed by atoms with van der Waals surface area (Å²) in [5.74, 6) is 4.14. The van der Waals surface area contributed by atoms with E-state index in [1.165, 1.54) is 12.8 Å². The van der Waals surface area contributed by atoms with Crippen molar-refractivity contribution in [2.75, 3.05) is 18.0 Å². The number of nitrogens with zero attached hydrogens (tertiary/aromatic N) is 3. The Morgan fingerprint density at radius 3 is 2.32 bits per heavy atom. The molecule has 2 aliphatic rings. The minimum absolute atomic E-state index is 0.394. The molecule has 2 atom stereocenters. The van der Waals surface area contributed by atoms with E-state index in [1.807, 2.05) is 0 Å². The quantitative estimate of drug-likeness (QED) is 0.761. The van der Waals surface area contributed by atoms with Crippen LogP contribution in [0.4, 0.5) is 5.82 Å². The van der Waals surface area contributed by atoms with Gasteiger partial charge in [0.05, 0.1) is 0 Å². The maximum atomic E-state index is 4.77. The third-order valence-electron chi connectivity index (χ3n) is 4.32. The molecule has 0 spiro atoms. The van der Waals surface area contributed by atoms with Crippen LogP contribution in [0.1, 0.15) is 44.1 Å². The van der Waals surface area contributed by atoms with Gasteiger partial charge in [0.25, 0.3) is 0 Å². The van der Waals surface area contributed by atoms with Crippen LogP contribution in [0, 0.1) is 18.8 Å². The second-order valence-electron chi connectivity index (χ2n) is 6.25.